The highest BCUT2D eigenvalue weighted by atomic mass is 16.3. The fourth-order valence-electron chi connectivity index (χ4n) is 5.86. The number of amides is 1. The van der Waals surface area contributed by atoms with Gasteiger partial charge in [-0.25, -0.2) is 0 Å². The van der Waals surface area contributed by atoms with E-state index in [4.69, 9.17) is 0 Å². The molecule has 33 heavy (non-hydrogen) atoms. The van der Waals surface area contributed by atoms with E-state index >= 15 is 0 Å². The SMILES string of the molecule is O=C(NCC1C2CCC1CN(Cc1ccccc1)C2)C(O)(c1ccccc1)c1ccccc1. The maximum absolute atomic E-state index is 13.5. The number of fused-ring (bicyclic) bond motifs is 2. The third-order valence-electron chi connectivity index (χ3n) is 7.56. The quantitative estimate of drug-likeness (QED) is 0.579. The fourth-order valence-corrected chi connectivity index (χ4v) is 5.86. The summed E-state index contributed by atoms with van der Waals surface area (Å²) in [5.74, 6) is 1.31. The molecule has 170 valence electrons. The predicted octanol–water partition coefficient (Wildman–Crippen LogP) is 4.20. The van der Waals surface area contributed by atoms with Gasteiger partial charge < -0.3 is 10.4 Å². The lowest BCUT2D eigenvalue weighted by molar-refractivity contribution is -0.137. The van der Waals surface area contributed by atoms with Gasteiger partial charge >= 0.3 is 0 Å². The molecule has 2 aliphatic rings. The molecule has 0 aromatic heterocycles. The molecule has 1 saturated heterocycles. The van der Waals surface area contributed by atoms with Crippen molar-refractivity contribution in [3.05, 3.63) is 108 Å². The first kappa shape index (κ1) is 21.9. The average molecular weight is 441 g/mol. The van der Waals surface area contributed by atoms with Gasteiger partial charge in [-0.15, -0.1) is 0 Å². The monoisotopic (exact) mass is 440 g/mol. The smallest absolute Gasteiger partial charge is 0.261 e. The van der Waals surface area contributed by atoms with Gasteiger partial charge in [-0.05, 0) is 47.3 Å². The lowest BCUT2D eigenvalue weighted by Gasteiger charge is -2.38. The summed E-state index contributed by atoms with van der Waals surface area (Å²) in [5.41, 5.74) is 0.846. The number of carbonyl (C=O) groups is 1. The number of aliphatic hydroxyl groups is 1. The Balaban J connectivity index is 1.27. The molecule has 1 heterocycles. The van der Waals surface area contributed by atoms with E-state index in [2.05, 4.69) is 40.5 Å². The molecule has 2 N–H and O–H groups in total. The lowest BCUT2D eigenvalue weighted by Crippen LogP contribution is -2.50. The largest absolute Gasteiger partial charge is 0.372 e. The molecule has 2 unspecified atom stereocenters. The number of benzene rings is 3. The summed E-state index contributed by atoms with van der Waals surface area (Å²) >= 11 is 0. The molecule has 3 aromatic carbocycles. The van der Waals surface area contributed by atoms with Gasteiger partial charge in [0.1, 0.15) is 0 Å². The minimum absolute atomic E-state index is 0.342. The minimum atomic E-state index is -1.70. The van der Waals surface area contributed by atoms with Crippen LogP contribution in [0.25, 0.3) is 0 Å². The second-order valence-electron chi connectivity index (χ2n) is 9.59. The van der Waals surface area contributed by atoms with Gasteiger partial charge in [-0.3, -0.25) is 9.69 Å². The Kier molecular flexibility index (Phi) is 6.30. The second kappa shape index (κ2) is 9.50. The highest BCUT2D eigenvalue weighted by Gasteiger charge is 2.44. The van der Waals surface area contributed by atoms with Gasteiger partial charge in [-0.2, -0.15) is 0 Å². The molecule has 0 spiro atoms. The lowest BCUT2D eigenvalue weighted by atomic mass is 9.83. The Labute approximate surface area is 196 Å². The molecule has 2 bridgehead atoms. The van der Waals surface area contributed by atoms with Crippen LogP contribution in [0.5, 0.6) is 0 Å². The second-order valence-corrected chi connectivity index (χ2v) is 9.59. The first-order chi connectivity index (χ1) is 16.1. The van der Waals surface area contributed by atoms with E-state index in [0.717, 1.165) is 19.6 Å². The highest BCUT2D eigenvalue weighted by molar-refractivity contribution is 5.90. The van der Waals surface area contributed by atoms with Gasteiger partial charge in [0.25, 0.3) is 5.91 Å². The molecule has 3 aromatic rings. The van der Waals surface area contributed by atoms with Crippen molar-refractivity contribution in [3.8, 4) is 0 Å². The molecule has 1 aliphatic carbocycles. The molecule has 4 nitrogen and oxygen atoms in total. The first-order valence-electron chi connectivity index (χ1n) is 12.0. The fraction of sp³-hybridized carbons (Fsp3) is 0.345. The number of piperidine rings is 1. The van der Waals surface area contributed by atoms with Gasteiger partial charge in [0.2, 0.25) is 0 Å². The Morgan fingerprint density at radius 1 is 0.818 bits per heavy atom. The molecule has 1 amide bonds. The predicted molar refractivity (Wildman–Crippen MR) is 130 cm³/mol. The summed E-state index contributed by atoms with van der Waals surface area (Å²) in [6.45, 7) is 3.77. The van der Waals surface area contributed by atoms with Crippen LogP contribution in [-0.4, -0.2) is 35.5 Å². The Morgan fingerprint density at radius 3 is 1.82 bits per heavy atom. The van der Waals surface area contributed by atoms with Crippen molar-refractivity contribution >= 4 is 5.91 Å². The van der Waals surface area contributed by atoms with Crippen molar-refractivity contribution in [1.82, 2.24) is 10.2 Å². The summed E-state index contributed by atoms with van der Waals surface area (Å²) in [6, 6.07) is 29.2. The van der Waals surface area contributed by atoms with Crippen molar-refractivity contribution in [2.75, 3.05) is 19.6 Å². The van der Waals surface area contributed by atoms with E-state index in [1.807, 2.05) is 60.7 Å². The van der Waals surface area contributed by atoms with Crippen LogP contribution in [0.1, 0.15) is 29.5 Å². The molecular formula is C29H32N2O2. The van der Waals surface area contributed by atoms with Crippen LogP contribution in [0.4, 0.5) is 0 Å². The minimum Gasteiger partial charge on any atom is -0.372 e. The van der Waals surface area contributed by atoms with Gasteiger partial charge in [0.05, 0.1) is 0 Å². The number of hydrogen-bond acceptors (Lipinski definition) is 3. The van der Waals surface area contributed by atoms with Crippen LogP contribution in [0.15, 0.2) is 91.0 Å². The van der Waals surface area contributed by atoms with Crippen molar-refractivity contribution in [1.29, 1.82) is 0 Å². The molecule has 1 saturated carbocycles. The molecular weight excluding hydrogens is 408 g/mol. The van der Waals surface area contributed by atoms with E-state index in [1.54, 1.807) is 0 Å². The van der Waals surface area contributed by atoms with Crippen molar-refractivity contribution in [2.24, 2.45) is 17.8 Å². The Morgan fingerprint density at radius 2 is 1.30 bits per heavy atom. The number of rotatable bonds is 7. The summed E-state index contributed by atoms with van der Waals surface area (Å²) in [6.07, 6.45) is 2.44. The molecule has 5 rings (SSSR count). The summed E-state index contributed by atoms with van der Waals surface area (Å²) in [5, 5.41) is 14.8. The van der Waals surface area contributed by atoms with Crippen LogP contribution in [0, 0.1) is 17.8 Å². The standard InChI is InChI=1S/C29H32N2O2/c32-28(29(33,25-12-6-2-7-13-25)26-14-8-3-9-15-26)30-18-27-23-16-17-24(27)21-31(20-23)19-22-10-4-1-5-11-22/h1-15,23-24,27,33H,16-21H2,(H,30,32). The van der Waals surface area contributed by atoms with E-state index in [0.29, 0.717) is 35.4 Å². The summed E-state index contributed by atoms with van der Waals surface area (Å²) in [7, 11) is 0. The zero-order valence-electron chi connectivity index (χ0n) is 18.9. The van der Waals surface area contributed by atoms with Crippen molar-refractivity contribution < 1.29 is 9.90 Å². The number of carbonyl (C=O) groups excluding carboxylic acids is 1. The Hall–Kier alpha value is -2.95. The maximum Gasteiger partial charge on any atom is 0.261 e. The zero-order chi connectivity index (χ0) is 22.7. The molecule has 2 atom stereocenters. The normalized spacial score (nSPS) is 22.8. The molecule has 2 fully saturated rings. The van der Waals surface area contributed by atoms with Gasteiger partial charge in [0.15, 0.2) is 5.60 Å². The van der Waals surface area contributed by atoms with Crippen LogP contribution < -0.4 is 5.32 Å². The van der Waals surface area contributed by atoms with Crippen molar-refractivity contribution in [2.45, 2.75) is 25.0 Å². The van der Waals surface area contributed by atoms with E-state index < -0.39 is 5.60 Å². The first-order valence-corrected chi connectivity index (χ1v) is 12.0. The topological polar surface area (TPSA) is 52.6 Å². The molecule has 0 radical (unpaired) electrons. The average Bonchev–Trinajstić information content (AvgIpc) is 3.11. The van der Waals surface area contributed by atoms with E-state index in [-0.39, 0.29) is 5.91 Å². The van der Waals surface area contributed by atoms with Crippen LogP contribution in [-0.2, 0) is 16.9 Å². The third-order valence-corrected chi connectivity index (χ3v) is 7.56. The molecule has 4 heteroatoms. The summed E-state index contributed by atoms with van der Waals surface area (Å²) < 4.78 is 0. The number of nitrogens with zero attached hydrogens (tertiary/aromatic N) is 1. The Bertz CT molecular complexity index is 1000. The summed E-state index contributed by atoms with van der Waals surface area (Å²) in [4.78, 5) is 16.0. The van der Waals surface area contributed by atoms with Gasteiger partial charge in [-0.1, -0.05) is 91.0 Å². The van der Waals surface area contributed by atoms with Crippen molar-refractivity contribution in [3.63, 3.8) is 0 Å². The highest BCUT2D eigenvalue weighted by Crippen LogP contribution is 2.42. The van der Waals surface area contributed by atoms with Crippen LogP contribution in [0.2, 0.25) is 0 Å². The number of hydrogen-bond donors (Lipinski definition) is 2. The third kappa shape index (κ3) is 4.46. The zero-order valence-corrected chi connectivity index (χ0v) is 18.9. The molecule has 1 aliphatic heterocycles. The van der Waals surface area contributed by atoms with Crippen LogP contribution >= 0.6 is 0 Å². The van der Waals surface area contributed by atoms with E-state index in [1.165, 1.54) is 18.4 Å². The van der Waals surface area contributed by atoms with Crippen LogP contribution in [0.3, 0.4) is 0 Å². The van der Waals surface area contributed by atoms with Gasteiger partial charge in [0, 0.05) is 26.2 Å². The number of nitrogens with one attached hydrogen (secondary N) is 1. The number of likely N-dealkylation sites (tertiary alicyclic amines) is 1. The van der Waals surface area contributed by atoms with E-state index in [9.17, 15) is 9.90 Å². The maximum atomic E-state index is 13.5.